The Balaban J connectivity index is 1.83. The van der Waals surface area contributed by atoms with Crippen LogP contribution >= 0.6 is 0 Å². The molecule has 138 valence electrons. The van der Waals surface area contributed by atoms with Crippen molar-refractivity contribution in [1.82, 2.24) is 9.88 Å². The molecular weight excluding hydrogens is 346 g/mol. The van der Waals surface area contributed by atoms with Gasteiger partial charge in [-0.05, 0) is 18.6 Å². The standard InChI is InChI=1S/C19H19N5O3/c1-13-4-6-14(7-5-13)9-16(19(25)23-11-15(10-20)12-23)22-18-17(24(26)27)3-2-8-21-18/h2-8,15-16H,9,11-12H2,1H3,(H,21,22)/t16-/m0/s1. The number of rotatable bonds is 6. The quantitative estimate of drug-likeness (QED) is 0.621. The van der Waals surface area contributed by atoms with Gasteiger partial charge in [-0.1, -0.05) is 29.8 Å². The van der Waals surface area contributed by atoms with Crippen molar-refractivity contribution in [2.75, 3.05) is 18.4 Å². The van der Waals surface area contributed by atoms with Crippen molar-refractivity contribution in [2.45, 2.75) is 19.4 Å². The number of nitro groups is 1. The summed E-state index contributed by atoms with van der Waals surface area (Å²) in [5.41, 5.74) is 1.86. The average molecular weight is 365 g/mol. The van der Waals surface area contributed by atoms with Gasteiger partial charge in [0.1, 0.15) is 6.04 Å². The Bertz CT molecular complexity index is 885. The Morgan fingerprint density at radius 1 is 1.41 bits per heavy atom. The van der Waals surface area contributed by atoms with Crippen molar-refractivity contribution in [1.29, 1.82) is 5.26 Å². The number of nitrogens with zero attached hydrogens (tertiary/aromatic N) is 4. The predicted molar refractivity (Wildman–Crippen MR) is 98.9 cm³/mol. The minimum atomic E-state index is -0.707. The first-order valence-electron chi connectivity index (χ1n) is 8.58. The monoisotopic (exact) mass is 365 g/mol. The van der Waals surface area contributed by atoms with Crippen LogP contribution in [0.1, 0.15) is 11.1 Å². The van der Waals surface area contributed by atoms with Gasteiger partial charge in [-0.2, -0.15) is 5.26 Å². The first kappa shape index (κ1) is 18.3. The van der Waals surface area contributed by atoms with Gasteiger partial charge in [0, 0.05) is 31.8 Å². The number of amides is 1. The number of pyridine rings is 1. The molecule has 8 nitrogen and oxygen atoms in total. The van der Waals surface area contributed by atoms with Gasteiger partial charge >= 0.3 is 5.69 Å². The number of benzene rings is 1. The van der Waals surface area contributed by atoms with E-state index in [9.17, 15) is 14.9 Å². The minimum Gasteiger partial charge on any atom is -0.352 e. The van der Waals surface area contributed by atoms with Crippen LogP contribution < -0.4 is 5.32 Å². The zero-order chi connectivity index (χ0) is 19.4. The molecule has 0 spiro atoms. The maximum Gasteiger partial charge on any atom is 0.311 e. The van der Waals surface area contributed by atoms with Gasteiger partial charge in [-0.25, -0.2) is 4.98 Å². The molecule has 27 heavy (non-hydrogen) atoms. The lowest BCUT2D eigenvalue weighted by Crippen LogP contribution is -2.55. The fourth-order valence-electron chi connectivity index (χ4n) is 2.94. The normalized spacial score (nSPS) is 14.7. The van der Waals surface area contributed by atoms with E-state index in [0.717, 1.165) is 11.1 Å². The molecule has 3 rings (SSSR count). The van der Waals surface area contributed by atoms with Gasteiger partial charge in [0.2, 0.25) is 11.7 Å². The summed E-state index contributed by atoms with van der Waals surface area (Å²) in [7, 11) is 0. The molecular formula is C19H19N5O3. The Morgan fingerprint density at radius 3 is 2.74 bits per heavy atom. The van der Waals surface area contributed by atoms with Crippen LogP contribution in [0.2, 0.25) is 0 Å². The summed E-state index contributed by atoms with van der Waals surface area (Å²) >= 11 is 0. The molecule has 1 aromatic heterocycles. The van der Waals surface area contributed by atoms with Gasteiger partial charge in [0.25, 0.3) is 0 Å². The summed E-state index contributed by atoms with van der Waals surface area (Å²) in [6.07, 6.45) is 1.80. The lowest BCUT2D eigenvalue weighted by atomic mass is 9.98. The van der Waals surface area contributed by atoms with Crippen molar-refractivity contribution < 1.29 is 9.72 Å². The summed E-state index contributed by atoms with van der Waals surface area (Å²) < 4.78 is 0. The number of nitrogens with one attached hydrogen (secondary N) is 1. The van der Waals surface area contributed by atoms with Crippen molar-refractivity contribution in [3.8, 4) is 6.07 Å². The highest BCUT2D eigenvalue weighted by Gasteiger charge is 2.35. The van der Waals surface area contributed by atoms with E-state index in [1.807, 2.05) is 31.2 Å². The maximum absolute atomic E-state index is 12.9. The van der Waals surface area contributed by atoms with Gasteiger partial charge < -0.3 is 10.2 Å². The van der Waals surface area contributed by atoms with Gasteiger partial charge in [0.15, 0.2) is 0 Å². The minimum absolute atomic E-state index is 0.0605. The molecule has 0 aliphatic carbocycles. The van der Waals surface area contributed by atoms with E-state index in [1.165, 1.54) is 18.3 Å². The molecule has 1 aliphatic heterocycles. The lowest BCUT2D eigenvalue weighted by Gasteiger charge is -2.37. The molecule has 0 unspecified atom stereocenters. The maximum atomic E-state index is 12.9. The molecule has 1 N–H and O–H groups in total. The zero-order valence-corrected chi connectivity index (χ0v) is 14.8. The third kappa shape index (κ3) is 4.20. The van der Waals surface area contributed by atoms with Crippen LogP contribution in [0.15, 0.2) is 42.6 Å². The molecule has 0 radical (unpaired) electrons. The van der Waals surface area contributed by atoms with Crippen LogP contribution in [0, 0.1) is 34.3 Å². The molecule has 2 aromatic rings. The van der Waals surface area contributed by atoms with Crippen molar-refractivity contribution in [3.05, 3.63) is 63.8 Å². The topological polar surface area (TPSA) is 112 Å². The predicted octanol–water partition coefficient (Wildman–Crippen LogP) is 2.30. The fraction of sp³-hybridized carbons (Fsp3) is 0.316. The molecule has 1 aromatic carbocycles. The summed E-state index contributed by atoms with van der Waals surface area (Å²) in [4.78, 5) is 29.2. The molecule has 0 saturated carbocycles. The van der Waals surface area contributed by atoms with Gasteiger partial charge in [0.05, 0.1) is 16.9 Å². The Hall–Kier alpha value is -3.47. The highest BCUT2D eigenvalue weighted by molar-refractivity contribution is 5.86. The van der Waals surface area contributed by atoms with E-state index in [-0.39, 0.29) is 23.3 Å². The first-order valence-corrected chi connectivity index (χ1v) is 8.58. The average Bonchev–Trinajstić information content (AvgIpc) is 2.62. The fourth-order valence-corrected chi connectivity index (χ4v) is 2.94. The number of carbonyl (C=O) groups excluding carboxylic acids is 1. The third-order valence-electron chi connectivity index (χ3n) is 4.53. The molecule has 0 bridgehead atoms. The number of aryl methyl sites for hydroxylation is 1. The van der Waals surface area contributed by atoms with Crippen molar-refractivity contribution >= 4 is 17.4 Å². The zero-order valence-electron chi connectivity index (χ0n) is 14.8. The summed E-state index contributed by atoms with van der Waals surface area (Å²) in [5, 5.41) is 23.1. The van der Waals surface area contributed by atoms with E-state index in [4.69, 9.17) is 5.26 Å². The van der Waals surface area contributed by atoms with Crippen LogP contribution in [0.4, 0.5) is 11.5 Å². The summed E-state index contributed by atoms with van der Waals surface area (Å²) in [6.45, 7) is 2.74. The number of carbonyl (C=O) groups is 1. The van der Waals surface area contributed by atoms with Gasteiger partial charge in [-0.15, -0.1) is 0 Å². The molecule has 1 atom stereocenters. The van der Waals surface area contributed by atoms with Crippen LogP contribution in [-0.2, 0) is 11.2 Å². The van der Waals surface area contributed by atoms with Crippen LogP contribution in [-0.4, -0.2) is 39.8 Å². The molecule has 2 heterocycles. The smallest absolute Gasteiger partial charge is 0.311 e. The number of nitriles is 1. The Morgan fingerprint density at radius 2 is 2.11 bits per heavy atom. The molecule has 1 amide bonds. The van der Waals surface area contributed by atoms with Crippen molar-refractivity contribution in [2.24, 2.45) is 5.92 Å². The summed E-state index contributed by atoms with van der Waals surface area (Å²) in [6, 6.07) is 12.0. The number of hydrogen-bond acceptors (Lipinski definition) is 6. The van der Waals surface area contributed by atoms with E-state index in [1.54, 1.807) is 4.90 Å². The number of likely N-dealkylation sites (tertiary alicyclic amines) is 1. The van der Waals surface area contributed by atoms with Crippen LogP contribution in [0.3, 0.4) is 0 Å². The largest absolute Gasteiger partial charge is 0.352 e. The number of hydrogen-bond donors (Lipinski definition) is 1. The second kappa shape index (κ2) is 7.83. The van der Waals surface area contributed by atoms with E-state index in [0.29, 0.717) is 19.5 Å². The molecule has 1 aliphatic rings. The highest BCUT2D eigenvalue weighted by Crippen LogP contribution is 2.24. The van der Waals surface area contributed by atoms with E-state index >= 15 is 0 Å². The van der Waals surface area contributed by atoms with E-state index < -0.39 is 11.0 Å². The third-order valence-corrected chi connectivity index (χ3v) is 4.53. The van der Waals surface area contributed by atoms with Gasteiger partial charge in [-0.3, -0.25) is 14.9 Å². The number of aromatic nitrogens is 1. The first-order chi connectivity index (χ1) is 13.0. The van der Waals surface area contributed by atoms with Crippen molar-refractivity contribution in [3.63, 3.8) is 0 Å². The molecule has 1 fully saturated rings. The lowest BCUT2D eigenvalue weighted by molar-refractivity contribution is -0.384. The molecule has 8 heteroatoms. The number of anilines is 1. The Labute approximate surface area is 156 Å². The second-order valence-electron chi connectivity index (χ2n) is 6.58. The second-order valence-corrected chi connectivity index (χ2v) is 6.58. The molecule has 1 saturated heterocycles. The SMILES string of the molecule is Cc1ccc(C[C@H](Nc2ncccc2[N+](=O)[O-])C(=O)N2CC(C#N)C2)cc1. The highest BCUT2D eigenvalue weighted by atomic mass is 16.6. The van der Waals surface area contributed by atoms with Crippen LogP contribution in [0.5, 0.6) is 0 Å². The van der Waals surface area contributed by atoms with E-state index in [2.05, 4.69) is 16.4 Å². The summed E-state index contributed by atoms with van der Waals surface area (Å²) in [5.74, 6) is -0.287. The Kier molecular flexibility index (Phi) is 5.31. The van der Waals surface area contributed by atoms with Crippen LogP contribution in [0.25, 0.3) is 0 Å².